The highest BCUT2D eigenvalue weighted by Gasteiger charge is 2.28. The van der Waals surface area contributed by atoms with E-state index in [0.29, 0.717) is 12.2 Å². The summed E-state index contributed by atoms with van der Waals surface area (Å²) in [5.41, 5.74) is 0.302. The van der Waals surface area contributed by atoms with Gasteiger partial charge in [-0.2, -0.15) is 5.10 Å². The number of anilines is 1. The SMILES string of the molecule is CN(C)C(=O)C1CCCN(c2cnn(C)c(=O)c2Cl)C1. The van der Waals surface area contributed by atoms with Gasteiger partial charge in [0.25, 0.3) is 5.56 Å². The van der Waals surface area contributed by atoms with Crippen LogP contribution in [0.4, 0.5) is 5.69 Å². The van der Waals surface area contributed by atoms with Crippen LogP contribution >= 0.6 is 11.6 Å². The van der Waals surface area contributed by atoms with Crippen LogP contribution in [0.3, 0.4) is 0 Å². The highest BCUT2D eigenvalue weighted by molar-refractivity contribution is 6.33. The second kappa shape index (κ2) is 5.83. The van der Waals surface area contributed by atoms with Crippen molar-refractivity contribution in [1.29, 1.82) is 0 Å². The van der Waals surface area contributed by atoms with Crippen molar-refractivity contribution in [3.05, 3.63) is 21.6 Å². The van der Waals surface area contributed by atoms with Gasteiger partial charge in [-0.3, -0.25) is 9.59 Å². The summed E-state index contributed by atoms with van der Waals surface area (Å²) in [4.78, 5) is 27.5. The first-order chi connectivity index (χ1) is 9.41. The molecular formula is C13H19ClN4O2. The Hall–Kier alpha value is -1.56. The molecule has 0 aliphatic carbocycles. The number of aromatic nitrogens is 2. The Morgan fingerprint density at radius 3 is 2.85 bits per heavy atom. The molecule has 0 bridgehead atoms. The molecule has 6 nitrogen and oxygen atoms in total. The first-order valence-electron chi connectivity index (χ1n) is 6.59. The van der Waals surface area contributed by atoms with Crippen LogP contribution in [-0.4, -0.2) is 47.8 Å². The minimum absolute atomic E-state index is 0.0566. The molecule has 1 aromatic rings. The summed E-state index contributed by atoms with van der Waals surface area (Å²) in [6.07, 6.45) is 3.35. The summed E-state index contributed by atoms with van der Waals surface area (Å²) in [5, 5.41) is 4.17. The fourth-order valence-electron chi connectivity index (χ4n) is 2.49. The number of carbonyl (C=O) groups is 1. The van der Waals surface area contributed by atoms with E-state index in [0.717, 1.165) is 19.4 Å². The lowest BCUT2D eigenvalue weighted by Gasteiger charge is -2.34. The Morgan fingerprint density at radius 1 is 1.50 bits per heavy atom. The molecule has 1 unspecified atom stereocenters. The van der Waals surface area contributed by atoms with Crippen LogP contribution in [0.2, 0.25) is 5.02 Å². The van der Waals surface area contributed by atoms with Crippen molar-refractivity contribution in [1.82, 2.24) is 14.7 Å². The Balaban J connectivity index is 2.24. The van der Waals surface area contributed by atoms with E-state index in [4.69, 9.17) is 11.6 Å². The van der Waals surface area contributed by atoms with Crippen LogP contribution in [0, 0.1) is 5.92 Å². The summed E-state index contributed by atoms with van der Waals surface area (Å²) in [5.74, 6) is 0.0569. The summed E-state index contributed by atoms with van der Waals surface area (Å²) in [6.45, 7) is 1.36. The summed E-state index contributed by atoms with van der Waals surface area (Å²) in [6, 6.07) is 0. The maximum atomic E-state index is 12.1. The van der Waals surface area contributed by atoms with E-state index in [9.17, 15) is 9.59 Å². The van der Waals surface area contributed by atoms with Gasteiger partial charge >= 0.3 is 0 Å². The fourth-order valence-corrected chi connectivity index (χ4v) is 2.78. The molecule has 2 rings (SSSR count). The van der Waals surface area contributed by atoms with Gasteiger partial charge in [0.05, 0.1) is 17.8 Å². The molecule has 0 saturated carbocycles. The van der Waals surface area contributed by atoms with E-state index in [-0.39, 0.29) is 22.4 Å². The molecule has 0 radical (unpaired) electrons. The molecular weight excluding hydrogens is 280 g/mol. The number of hydrogen-bond acceptors (Lipinski definition) is 4. The third kappa shape index (κ3) is 2.80. The highest BCUT2D eigenvalue weighted by atomic mass is 35.5. The van der Waals surface area contributed by atoms with E-state index in [2.05, 4.69) is 5.10 Å². The van der Waals surface area contributed by atoms with Crippen LogP contribution in [-0.2, 0) is 11.8 Å². The minimum Gasteiger partial charge on any atom is -0.368 e. The van der Waals surface area contributed by atoms with Gasteiger partial charge in [-0.15, -0.1) is 0 Å². The predicted molar refractivity (Wildman–Crippen MR) is 78.1 cm³/mol. The smallest absolute Gasteiger partial charge is 0.287 e. The van der Waals surface area contributed by atoms with Crippen LogP contribution in [0.15, 0.2) is 11.0 Å². The first-order valence-corrected chi connectivity index (χ1v) is 6.97. The van der Waals surface area contributed by atoms with Crippen LogP contribution < -0.4 is 10.5 Å². The van der Waals surface area contributed by atoms with Gasteiger partial charge in [0, 0.05) is 34.2 Å². The van der Waals surface area contributed by atoms with E-state index in [1.807, 2.05) is 4.90 Å². The normalized spacial score (nSPS) is 19.0. The Kier molecular flexibility index (Phi) is 4.32. The molecule has 1 aliphatic heterocycles. The highest BCUT2D eigenvalue weighted by Crippen LogP contribution is 2.27. The van der Waals surface area contributed by atoms with Crippen LogP contribution in [0.5, 0.6) is 0 Å². The Morgan fingerprint density at radius 2 is 2.20 bits per heavy atom. The zero-order valence-electron chi connectivity index (χ0n) is 12.0. The second-order valence-corrected chi connectivity index (χ2v) is 5.67. The molecule has 2 heterocycles. The lowest BCUT2D eigenvalue weighted by Crippen LogP contribution is -2.43. The topological polar surface area (TPSA) is 58.4 Å². The van der Waals surface area contributed by atoms with E-state index in [1.54, 1.807) is 32.2 Å². The lowest BCUT2D eigenvalue weighted by molar-refractivity contribution is -0.133. The number of aryl methyl sites for hydroxylation is 1. The Bertz CT molecular complexity index is 570. The van der Waals surface area contributed by atoms with Crippen molar-refractivity contribution in [3.63, 3.8) is 0 Å². The maximum Gasteiger partial charge on any atom is 0.287 e. The van der Waals surface area contributed by atoms with Crippen LogP contribution in [0.1, 0.15) is 12.8 Å². The zero-order valence-corrected chi connectivity index (χ0v) is 12.7. The van der Waals surface area contributed by atoms with Crippen molar-refractivity contribution >= 4 is 23.2 Å². The van der Waals surface area contributed by atoms with Gasteiger partial charge in [-0.05, 0) is 12.8 Å². The molecule has 1 fully saturated rings. The summed E-state index contributed by atoms with van der Waals surface area (Å²) in [7, 11) is 5.08. The third-order valence-corrected chi connectivity index (χ3v) is 3.97. The third-order valence-electron chi connectivity index (χ3n) is 3.61. The molecule has 1 saturated heterocycles. The van der Waals surface area contributed by atoms with Crippen molar-refractivity contribution < 1.29 is 4.79 Å². The summed E-state index contributed by atoms with van der Waals surface area (Å²) < 4.78 is 1.21. The molecule has 7 heteroatoms. The molecule has 110 valence electrons. The average molecular weight is 299 g/mol. The first kappa shape index (κ1) is 14.8. The standard InChI is InChI=1S/C13H19ClN4O2/c1-16(2)12(19)9-5-4-6-18(8-9)10-7-15-17(3)13(20)11(10)14/h7,9H,4-6,8H2,1-3H3. The largest absolute Gasteiger partial charge is 0.368 e. The quantitative estimate of drug-likeness (QED) is 0.808. The number of piperidine rings is 1. The predicted octanol–water partition coefficient (Wildman–Crippen LogP) is 0.738. The van der Waals surface area contributed by atoms with Gasteiger partial charge in [0.15, 0.2) is 0 Å². The monoisotopic (exact) mass is 298 g/mol. The van der Waals surface area contributed by atoms with Crippen LogP contribution in [0.25, 0.3) is 0 Å². The Labute approximate surface area is 122 Å². The van der Waals surface area contributed by atoms with Gasteiger partial charge in [-0.25, -0.2) is 4.68 Å². The fraction of sp³-hybridized carbons (Fsp3) is 0.615. The van der Waals surface area contributed by atoms with Gasteiger partial charge in [0.2, 0.25) is 5.91 Å². The number of nitrogens with zero attached hydrogens (tertiary/aromatic N) is 4. The van der Waals surface area contributed by atoms with Crippen molar-refractivity contribution in [2.24, 2.45) is 13.0 Å². The molecule has 1 aliphatic rings. The molecule has 1 aromatic heterocycles. The average Bonchev–Trinajstić information content (AvgIpc) is 2.44. The van der Waals surface area contributed by atoms with Gasteiger partial charge in [-0.1, -0.05) is 11.6 Å². The molecule has 0 aromatic carbocycles. The van der Waals surface area contributed by atoms with Gasteiger partial charge in [0.1, 0.15) is 5.02 Å². The lowest BCUT2D eigenvalue weighted by atomic mass is 9.96. The maximum absolute atomic E-state index is 12.1. The molecule has 0 spiro atoms. The van der Waals surface area contributed by atoms with Crippen molar-refractivity contribution in [2.75, 3.05) is 32.1 Å². The molecule has 1 atom stereocenters. The molecule has 20 heavy (non-hydrogen) atoms. The minimum atomic E-state index is -0.315. The number of hydrogen-bond donors (Lipinski definition) is 0. The van der Waals surface area contributed by atoms with Crippen molar-refractivity contribution in [2.45, 2.75) is 12.8 Å². The second-order valence-electron chi connectivity index (χ2n) is 5.29. The van der Waals surface area contributed by atoms with E-state index in [1.165, 1.54) is 4.68 Å². The molecule has 1 amide bonds. The number of carbonyl (C=O) groups excluding carboxylic acids is 1. The zero-order chi connectivity index (χ0) is 14.9. The molecule has 0 N–H and O–H groups in total. The van der Waals surface area contributed by atoms with E-state index < -0.39 is 0 Å². The summed E-state index contributed by atoms with van der Waals surface area (Å²) >= 11 is 6.11. The number of halogens is 1. The number of amides is 1. The van der Waals surface area contributed by atoms with E-state index >= 15 is 0 Å². The van der Waals surface area contributed by atoms with Crippen molar-refractivity contribution in [3.8, 4) is 0 Å². The number of rotatable bonds is 2. The van der Waals surface area contributed by atoms with Gasteiger partial charge < -0.3 is 9.80 Å².